The molecule has 1 amide bonds. The second-order valence-electron chi connectivity index (χ2n) is 5.53. The molecule has 0 bridgehead atoms. The molecule has 1 unspecified atom stereocenters. The van der Waals surface area contributed by atoms with Crippen molar-refractivity contribution in [2.75, 3.05) is 13.2 Å². The van der Waals surface area contributed by atoms with Gasteiger partial charge in [0.15, 0.2) is 0 Å². The molecular formula is C12H22N2O2. The van der Waals surface area contributed by atoms with Crippen molar-refractivity contribution in [3.05, 3.63) is 0 Å². The van der Waals surface area contributed by atoms with Crippen molar-refractivity contribution in [2.45, 2.75) is 56.5 Å². The highest BCUT2D eigenvalue weighted by molar-refractivity contribution is 5.87. The van der Waals surface area contributed by atoms with Crippen LogP contribution in [0.2, 0.25) is 0 Å². The van der Waals surface area contributed by atoms with E-state index in [4.69, 9.17) is 10.5 Å². The van der Waals surface area contributed by atoms with Crippen LogP contribution in [-0.2, 0) is 9.53 Å². The monoisotopic (exact) mass is 226 g/mol. The zero-order valence-electron chi connectivity index (χ0n) is 10.1. The van der Waals surface area contributed by atoms with Crippen molar-refractivity contribution in [1.82, 2.24) is 5.32 Å². The summed E-state index contributed by atoms with van der Waals surface area (Å²) in [4.78, 5) is 12.1. The molecule has 92 valence electrons. The van der Waals surface area contributed by atoms with Crippen molar-refractivity contribution >= 4 is 5.91 Å². The molecule has 2 fully saturated rings. The fraction of sp³-hybridized carbons (Fsp3) is 0.917. The van der Waals surface area contributed by atoms with E-state index < -0.39 is 5.54 Å². The van der Waals surface area contributed by atoms with E-state index in [2.05, 4.69) is 5.32 Å². The lowest BCUT2D eigenvalue weighted by atomic mass is 9.91. The van der Waals surface area contributed by atoms with Gasteiger partial charge in [-0.15, -0.1) is 0 Å². The van der Waals surface area contributed by atoms with Crippen LogP contribution < -0.4 is 11.1 Å². The van der Waals surface area contributed by atoms with Gasteiger partial charge in [0.1, 0.15) is 0 Å². The first-order valence-corrected chi connectivity index (χ1v) is 6.23. The molecule has 0 aromatic heterocycles. The number of amides is 1. The topological polar surface area (TPSA) is 64.4 Å². The third-order valence-electron chi connectivity index (χ3n) is 3.80. The summed E-state index contributed by atoms with van der Waals surface area (Å²) in [5.41, 5.74) is 5.28. The summed E-state index contributed by atoms with van der Waals surface area (Å²) >= 11 is 0. The Kier molecular flexibility index (Phi) is 3.22. The maximum atomic E-state index is 12.1. The van der Waals surface area contributed by atoms with Gasteiger partial charge in [-0.05, 0) is 32.6 Å². The number of hydrogen-bond acceptors (Lipinski definition) is 3. The zero-order valence-corrected chi connectivity index (χ0v) is 10.1. The smallest absolute Gasteiger partial charge is 0.240 e. The standard InChI is InChI=1S/C12H22N2O2/c1-11(5-4-8-16-9-11)14-10(15)12(13)6-2-3-7-12/h2-9,13H2,1H3,(H,14,15). The van der Waals surface area contributed by atoms with E-state index in [1.54, 1.807) is 0 Å². The van der Waals surface area contributed by atoms with Crippen LogP contribution in [0.25, 0.3) is 0 Å². The molecular weight excluding hydrogens is 204 g/mol. The molecule has 1 heterocycles. The first-order valence-electron chi connectivity index (χ1n) is 6.23. The van der Waals surface area contributed by atoms with Gasteiger partial charge in [0.05, 0.1) is 17.7 Å². The van der Waals surface area contributed by atoms with Gasteiger partial charge in [0, 0.05) is 6.61 Å². The van der Waals surface area contributed by atoms with E-state index in [9.17, 15) is 4.79 Å². The molecule has 1 saturated heterocycles. The van der Waals surface area contributed by atoms with E-state index in [1.807, 2.05) is 6.92 Å². The number of nitrogens with two attached hydrogens (primary N) is 1. The van der Waals surface area contributed by atoms with Crippen LogP contribution in [0.5, 0.6) is 0 Å². The maximum Gasteiger partial charge on any atom is 0.240 e. The average Bonchev–Trinajstić information content (AvgIpc) is 2.67. The molecule has 0 spiro atoms. The molecule has 4 nitrogen and oxygen atoms in total. The van der Waals surface area contributed by atoms with Gasteiger partial charge in [-0.2, -0.15) is 0 Å². The number of carbonyl (C=O) groups excluding carboxylic acids is 1. The summed E-state index contributed by atoms with van der Waals surface area (Å²) in [6.45, 7) is 3.45. The van der Waals surface area contributed by atoms with E-state index in [1.165, 1.54) is 0 Å². The van der Waals surface area contributed by atoms with Crippen LogP contribution >= 0.6 is 0 Å². The van der Waals surface area contributed by atoms with Gasteiger partial charge in [0.2, 0.25) is 5.91 Å². The normalized spacial score (nSPS) is 33.6. The minimum absolute atomic E-state index is 0.0120. The fourth-order valence-electron chi connectivity index (χ4n) is 2.66. The maximum absolute atomic E-state index is 12.1. The minimum Gasteiger partial charge on any atom is -0.379 e. The van der Waals surface area contributed by atoms with Crippen molar-refractivity contribution in [2.24, 2.45) is 5.73 Å². The molecule has 1 saturated carbocycles. The first kappa shape index (κ1) is 11.9. The third-order valence-corrected chi connectivity index (χ3v) is 3.80. The molecule has 0 aromatic carbocycles. The van der Waals surface area contributed by atoms with Crippen LogP contribution in [0.15, 0.2) is 0 Å². The molecule has 2 aliphatic rings. The van der Waals surface area contributed by atoms with Gasteiger partial charge in [0.25, 0.3) is 0 Å². The quantitative estimate of drug-likeness (QED) is 0.736. The molecule has 0 radical (unpaired) electrons. The summed E-state index contributed by atoms with van der Waals surface area (Å²) < 4.78 is 5.43. The lowest BCUT2D eigenvalue weighted by molar-refractivity contribution is -0.129. The van der Waals surface area contributed by atoms with Crippen molar-refractivity contribution in [1.29, 1.82) is 0 Å². The van der Waals surface area contributed by atoms with Crippen LogP contribution in [0.1, 0.15) is 45.4 Å². The summed E-state index contributed by atoms with van der Waals surface area (Å²) in [5.74, 6) is 0.0120. The molecule has 1 aliphatic carbocycles. The van der Waals surface area contributed by atoms with Crippen LogP contribution in [0, 0.1) is 0 Å². The van der Waals surface area contributed by atoms with E-state index >= 15 is 0 Å². The Morgan fingerprint density at radius 1 is 1.25 bits per heavy atom. The molecule has 4 heteroatoms. The fourth-order valence-corrected chi connectivity index (χ4v) is 2.66. The minimum atomic E-state index is -0.625. The van der Waals surface area contributed by atoms with Crippen molar-refractivity contribution < 1.29 is 9.53 Å². The number of ether oxygens (including phenoxy) is 1. The molecule has 0 aromatic rings. The predicted molar refractivity (Wildman–Crippen MR) is 62.0 cm³/mol. The largest absolute Gasteiger partial charge is 0.379 e. The van der Waals surface area contributed by atoms with E-state index in [-0.39, 0.29) is 11.4 Å². The second-order valence-corrected chi connectivity index (χ2v) is 5.53. The lowest BCUT2D eigenvalue weighted by Crippen LogP contribution is -2.60. The molecule has 2 rings (SSSR count). The SMILES string of the molecule is CC1(NC(=O)C2(N)CCCC2)CCCOC1. The summed E-state index contributed by atoms with van der Waals surface area (Å²) in [5, 5.41) is 3.09. The van der Waals surface area contributed by atoms with Gasteiger partial charge >= 0.3 is 0 Å². The van der Waals surface area contributed by atoms with Gasteiger partial charge in [-0.1, -0.05) is 12.8 Å². The average molecular weight is 226 g/mol. The number of hydrogen-bond donors (Lipinski definition) is 2. The Morgan fingerprint density at radius 3 is 2.50 bits per heavy atom. The highest BCUT2D eigenvalue weighted by Gasteiger charge is 2.40. The first-order chi connectivity index (χ1) is 7.54. The zero-order chi connectivity index (χ0) is 11.6. The third kappa shape index (κ3) is 2.38. The number of nitrogens with one attached hydrogen (secondary N) is 1. The number of rotatable bonds is 2. The summed E-state index contributed by atoms with van der Waals surface area (Å²) in [6, 6.07) is 0. The Bertz CT molecular complexity index is 266. The van der Waals surface area contributed by atoms with Crippen molar-refractivity contribution in [3.8, 4) is 0 Å². The molecule has 3 N–H and O–H groups in total. The summed E-state index contributed by atoms with van der Waals surface area (Å²) in [6.07, 6.45) is 5.75. The van der Waals surface area contributed by atoms with Gasteiger partial charge < -0.3 is 15.8 Å². The Morgan fingerprint density at radius 2 is 1.94 bits per heavy atom. The molecule has 1 atom stereocenters. The van der Waals surface area contributed by atoms with E-state index in [0.717, 1.165) is 45.1 Å². The van der Waals surface area contributed by atoms with Gasteiger partial charge in [-0.3, -0.25) is 4.79 Å². The number of carbonyl (C=O) groups is 1. The molecule has 16 heavy (non-hydrogen) atoms. The van der Waals surface area contributed by atoms with E-state index in [0.29, 0.717) is 6.61 Å². The lowest BCUT2D eigenvalue weighted by Gasteiger charge is -2.37. The highest BCUT2D eigenvalue weighted by Crippen LogP contribution is 2.28. The van der Waals surface area contributed by atoms with Gasteiger partial charge in [-0.25, -0.2) is 0 Å². The predicted octanol–water partition coefficient (Wildman–Crippen LogP) is 0.943. The van der Waals surface area contributed by atoms with Crippen LogP contribution in [0.4, 0.5) is 0 Å². The van der Waals surface area contributed by atoms with Crippen LogP contribution in [-0.4, -0.2) is 30.2 Å². The highest BCUT2D eigenvalue weighted by atomic mass is 16.5. The van der Waals surface area contributed by atoms with Crippen LogP contribution in [0.3, 0.4) is 0 Å². The summed E-state index contributed by atoms with van der Waals surface area (Å²) in [7, 11) is 0. The second kappa shape index (κ2) is 4.34. The Hall–Kier alpha value is -0.610. The Labute approximate surface area is 96.9 Å². The molecule has 1 aliphatic heterocycles. The Balaban J connectivity index is 1.95. The van der Waals surface area contributed by atoms with Crippen molar-refractivity contribution in [3.63, 3.8) is 0 Å².